The van der Waals surface area contributed by atoms with Crippen LogP contribution in [0.5, 0.6) is 0 Å². The number of hydrogen-bond acceptors (Lipinski definition) is 5. The molecular formula is C7H7BFNO4. The second-order valence-corrected chi connectivity index (χ2v) is 2.44. The van der Waals surface area contributed by atoms with Gasteiger partial charge in [0.05, 0.1) is 7.11 Å². The van der Waals surface area contributed by atoms with E-state index in [9.17, 15) is 9.18 Å². The van der Waals surface area contributed by atoms with Crippen LogP contribution in [0.4, 0.5) is 4.39 Å². The SMILES string of the molecule is COC(=O)c1ccc(B(O)O)c(F)n1. The minimum atomic E-state index is -1.95. The average Bonchev–Trinajstić information content (AvgIpc) is 2.15. The second-order valence-electron chi connectivity index (χ2n) is 2.44. The van der Waals surface area contributed by atoms with Crippen LogP contribution < -0.4 is 5.46 Å². The molecule has 1 aromatic heterocycles. The number of aromatic nitrogens is 1. The number of pyridine rings is 1. The van der Waals surface area contributed by atoms with Crippen molar-refractivity contribution in [3.63, 3.8) is 0 Å². The van der Waals surface area contributed by atoms with Gasteiger partial charge in [0, 0.05) is 5.46 Å². The molecule has 2 N–H and O–H groups in total. The van der Waals surface area contributed by atoms with Crippen molar-refractivity contribution in [1.29, 1.82) is 0 Å². The number of carbonyl (C=O) groups excluding carboxylic acids is 1. The minimum Gasteiger partial charge on any atom is -0.464 e. The van der Waals surface area contributed by atoms with Gasteiger partial charge in [-0.2, -0.15) is 4.39 Å². The molecule has 0 fully saturated rings. The molecule has 0 amide bonds. The highest BCUT2D eigenvalue weighted by atomic mass is 19.1. The highest BCUT2D eigenvalue weighted by Crippen LogP contribution is 1.98. The van der Waals surface area contributed by atoms with Gasteiger partial charge in [-0.25, -0.2) is 9.78 Å². The molecule has 0 aliphatic heterocycles. The summed E-state index contributed by atoms with van der Waals surface area (Å²) in [5, 5.41) is 17.3. The third-order valence-corrected chi connectivity index (χ3v) is 1.55. The van der Waals surface area contributed by atoms with Gasteiger partial charge in [-0.1, -0.05) is 6.07 Å². The van der Waals surface area contributed by atoms with Crippen molar-refractivity contribution in [3.8, 4) is 0 Å². The molecule has 1 rings (SSSR count). The quantitative estimate of drug-likeness (QED) is 0.351. The third-order valence-electron chi connectivity index (χ3n) is 1.55. The Balaban J connectivity index is 3.06. The summed E-state index contributed by atoms with van der Waals surface area (Å²) in [6.45, 7) is 0. The zero-order valence-corrected chi connectivity index (χ0v) is 7.27. The highest BCUT2D eigenvalue weighted by Gasteiger charge is 2.19. The van der Waals surface area contributed by atoms with Crippen LogP contribution in [0.1, 0.15) is 10.5 Å². The van der Waals surface area contributed by atoms with Gasteiger partial charge in [-0.05, 0) is 6.07 Å². The molecule has 1 heterocycles. The molecule has 0 aliphatic carbocycles. The Kier molecular flexibility index (Phi) is 3.16. The number of esters is 1. The van der Waals surface area contributed by atoms with Crippen LogP contribution >= 0.6 is 0 Å². The van der Waals surface area contributed by atoms with E-state index in [2.05, 4.69) is 9.72 Å². The molecule has 0 atom stereocenters. The molecule has 0 spiro atoms. The van der Waals surface area contributed by atoms with Gasteiger partial charge < -0.3 is 14.8 Å². The summed E-state index contributed by atoms with van der Waals surface area (Å²) in [6.07, 6.45) is 0. The van der Waals surface area contributed by atoms with Gasteiger partial charge in [0.2, 0.25) is 5.95 Å². The summed E-state index contributed by atoms with van der Waals surface area (Å²) in [5.74, 6) is -1.90. The molecule has 0 unspecified atom stereocenters. The minimum absolute atomic E-state index is 0.227. The van der Waals surface area contributed by atoms with Gasteiger partial charge in [-0.15, -0.1) is 0 Å². The number of ether oxygens (including phenoxy) is 1. The van der Waals surface area contributed by atoms with Crippen molar-refractivity contribution in [2.75, 3.05) is 7.11 Å². The maximum atomic E-state index is 13.0. The largest absolute Gasteiger partial charge is 0.493 e. The second kappa shape index (κ2) is 4.16. The predicted molar refractivity (Wildman–Crippen MR) is 45.4 cm³/mol. The van der Waals surface area contributed by atoms with E-state index in [1.54, 1.807) is 0 Å². The lowest BCUT2D eigenvalue weighted by molar-refractivity contribution is 0.0592. The summed E-state index contributed by atoms with van der Waals surface area (Å²) in [4.78, 5) is 14.1. The molecule has 74 valence electrons. The molecular weight excluding hydrogens is 192 g/mol. The third kappa shape index (κ3) is 2.07. The van der Waals surface area contributed by atoms with Crippen molar-refractivity contribution in [2.24, 2.45) is 0 Å². The van der Waals surface area contributed by atoms with Gasteiger partial charge in [0.25, 0.3) is 0 Å². The molecule has 0 radical (unpaired) electrons. The zero-order chi connectivity index (χ0) is 10.7. The predicted octanol–water partition coefficient (Wildman–Crippen LogP) is -1.31. The van der Waals surface area contributed by atoms with E-state index in [0.29, 0.717) is 0 Å². The fourth-order valence-corrected chi connectivity index (χ4v) is 0.856. The molecule has 0 saturated heterocycles. The first-order chi connectivity index (χ1) is 6.56. The first-order valence-corrected chi connectivity index (χ1v) is 3.67. The first kappa shape index (κ1) is 10.6. The van der Waals surface area contributed by atoms with E-state index in [1.165, 1.54) is 0 Å². The van der Waals surface area contributed by atoms with Crippen LogP contribution in [0.3, 0.4) is 0 Å². The highest BCUT2D eigenvalue weighted by molar-refractivity contribution is 6.58. The normalized spacial score (nSPS) is 9.71. The van der Waals surface area contributed by atoms with Gasteiger partial charge in [-0.3, -0.25) is 0 Å². The molecule has 0 bridgehead atoms. The maximum Gasteiger partial charge on any atom is 0.493 e. The Morgan fingerprint density at radius 1 is 1.57 bits per heavy atom. The van der Waals surface area contributed by atoms with Crippen LogP contribution in [0.15, 0.2) is 12.1 Å². The van der Waals surface area contributed by atoms with E-state index >= 15 is 0 Å². The summed E-state index contributed by atoms with van der Waals surface area (Å²) < 4.78 is 17.3. The van der Waals surface area contributed by atoms with E-state index in [1.807, 2.05) is 0 Å². The van der Waals surface area contributed by atoms with Gasteiger partial charge in [0.15, 0.2) is 5.69 Å². The average molecular weight is 199 g/mol. The molecule has 1 aromatic rings. The Morgan fingerprint density at radius 3 is 2.64 bits per heavy atom. The monoisotopic (exact) mass is 199 g/mol. The number of nitrogens with zero attached hydrogens (tertiary/aromatic N) is 1. The van der Waals surface area contributed by atoms with Crippen LogP contribution in [-0.4, -0.2) is 35.2 Å². The van der Waals surface area contributed by atoms with Crippen molar-refractivity contribution < 1.29 is 24.0 Å². The van der Waals surface area contributed by atoms with E-state index in [4.69, 9.17) is 10.0 Å². The van der Waals surface area contributed by atoms with Crippen molar-refractivity contribution >= 4 is 18.6 Å². The standard InChI is InChI=1S/C7H7BFNO4/c1-14-7(11)5-3-2-4(8(12)13)6(9)10-5/h2-3,12-13H,1H3. The van der Waals surface area contributed by atoms with Crippen LogP contribution in [0.25, 0.3) is 0 Å². The Labute approximate surface area is 79.3 Å². The van der Waals surface area contributed by atoms with E-state index in [-0.39, 0.29) is 5.69 Å². The Hall–Kier alpha value is -1.47. The fourth-order valence-electron chi connectivity index (χ4n) is 0.856. The van der Waals surface area contributed by atoms with Crippen molar-refractivity contribution in [2.45, 2.75) is 0 Å². The topological polar surface area (TPSA) is 79.7 Å². The number of rotatable bonds is 2. The fraction of sp³-hybridized carbons (Fsp3) is 0.143. The summed E-state index contributed by atoms with van der Waals surface area (Å²) in [7, 11) is -0.814. The first-order valence-electron chi connectivity index (χ1n) is 3.67. The molecule has 14 heavy (non-hydrogen) atoms. The number of methoxy groups -OCH3 is 1. The molecule has 0 aliphatic rings. The Morgan fingerprint density at radius 2 is 2.21 bits per heavy atom. The summed E-state index contributed by atoms with van der Waals surface area (Å²) >= 11 is 0. The number of carbonyl (C=O) groups is 1. The lowest BCUT2D eigenvalue weighted by Crippen LogP contribution is -2.34. The van der Waals surface area contributed by atoms with E-state index in [0.717, 1.165) is 19.2 Å². The smallest absolute Gasteiger partial charge is 0.464 e. The lowest BCUT2D eigenvalue weighted by Gasteiger charge is -2.02. The summed E-state index contributed by atoms with van der Waals surface area (Å²) in [5.41, 5.74) is -0.618. The zero-order valence-electron chi connectivity index (χ0n) is 7.27. The van der Waals surface area contributed by atoms with Crippen LogP contribution in [0, 0.1) is 5.95 Å². The van der Waals surface area contributed by atoms with Crippen molar-refractivity contribution in [3.05, 3.63) is 23.8 Å². The van der Waals surface area contributed by atoms with Gasteiger partial charge >= 0.3 is 13.1 Å². The van der Waals surface area contributed by atoms with Crippen molar-refractivity contribution in [1.82, 2.24) is 4.98 Å². The van der Waals surface area contributed by atoms with Crippen LogP contribution in [0.2, 0.25) is 0 Å². The maximum absolute atomic E-state index is 13.0. The molecule has 0 saturated carbocycles. The number of halogens is 1. The number of hydrogen-bond donors (Lipinski definition) is 2. The molecule has 0 aromatic carbocycles. The van der Waals surface area contributed by atoms with Gasteiger partial charge in [0.1, 0.15) is 0 Å². The lowest BCUT2D eigenvalue weighted by atomic mass is 9.81. The van der Waals surface area contributed by atoms with Crippen LogP contribution in [-0.2, 0) is 4.74 Å². The van der Waals surface area contributed by atoms with E-state index < -0.39 is 24.5 Å². The molecule has 7 heteroatoms. The summed E-state index contributed by atoms with van der Waals surface area (Å²) in [6, 6.07) is 2.20. The molecule has 5 nitrogen and oxygen atoms in total. The Bertz CT molecular complexity index is 358.